The number of nitrogens with zero attached hydrogens (tertiary/aromatic N) is 3. The number of aromatic nitrogens is 2. The normalized spacial score (nSPS) is 15.4. The third-order valence-corrected chi connectivity index (χ3v) is 6.15. The van der Waals surface area contributed by atoms with E-state index < -0.39 is 15.3 Å². The number of hydrogen-bond acceptors (Lipinski definition) is 5. The van der Waals surface area contributed by atoms with Crippen LogP contribution in [0.5, 0.6) is 0 Å². The van der Waals surface area contributed by atoms with Crippen molar-refractivity contribution in [2.75, 3.05) is 22.7 Å². The van der Waals surface area contributed by atoms with Gasteiger partial charge in [-0.2, -0.15) is 0 Å². The number of sulfonamides is 1. The third kappa shape index (κ3) is 4.28. The molecule has 134 valence electrons. The summed E-state index contributed by atoms with van der Waals surface area (Å²) in [5.74, 6) is 0.921. The Kier molecular flexibility index (Phi) is 5.22. The van der Waals surface area contributed by atoms with Crippen LogP contribution in [0.15, 0.2) is 36.4 Å². The molecule has 0 spiro atoms. The number of anilines is 2. The predicted molar refractivity (Wildman–Crippen MR) is 101 cm³/mol. The van der Waals surface area contributed by atoms with E-state index in [0.717, 1.165) is 30.2 Å². The van der Waals surface area contributed by atoms with Gasteiger partial charge in [0.05, 0.1) is 10.9 Å². The highest BCUT2D eigenvalue weighted by atomic mass is 32.2. The lowest BCUT2D eigenvalue weighted by Gasteiger charge is -2.27. The summed E-state index contributed by atoms with van der Waals surface area (Å²) in [6, 6.07) is 11.2. The van der Waals surface area contributed by atoms with Crippen LogP contribution in [0.25, 0.3) is 11.3 Å². The Morgan fingerprint density at radius 3 is 2.20 bits per heavy atom. The van der Waals surface area contributed by atoms with Gasteiger partial charge < -0.3 is 4.90 Å². The van der Waals surface area contributed by atoms with E-state index >= 15 is 0 Å². The van der Waals surface area contributed by atoms with Crippen molar-refractivity contribution in [3.8, 4) is 11.3 Å². The SMILES string of the molecule is CC(C)S(=O)(=O)Nc1ccc(-c2ccc(N3CCCCC3)nn2)cc1. The lowest BCUT2D eigenvalue weighted by Crippen LogP contribution is -2.30. The van der Waals surface area contributed by atoms with Crippen molar-refractivity contribution in [1.29, 1.82) is 0 Å². The number of hydrogen-bond donors (Lipinski definition) is 1. The second-order valence-electron chi connectivity index (χ2n) is 6.60. The van der Waals surface area contributed by atoms with Gasteiger partial charge in [0.1, 0.15) is 0 Å². The smallest absolute Gasteiger partial charge is 0.235 e. The molecule has 0 radical (unpaired) electrons. The number of nitrogens with one attached hydrogen (secondary N) is 1. The molecule has 0 aliphatic carbocycles. The molecule has 1 N–H and O–H groups in total. The zero-order valence-electron chi connectivity index (χ0n) is 14.6. The maximum atomic E-state index is 11.9. The average molecular weight is 360 g/mol. The van der Waals surface area contributed by atoms with Crippen LogP contribution in [-0.2, 0) is 10.0 Å². The fraction of sp³-hybridized carbons (Fsp3) is 0.444. The molecule has 25 heavy (non-hydrogen) atoms. The van der Waals surface area contributed by atoms with E-state index in [9.17, 15) is 8.42 Å². The molecule has 0 saturated carbocycles. The largest absolute Gasteiger partial charge is 0.355 e. The Morgan fingerprint density at radius 1 is 0.960 bits per heavy atom. The fourth-order valence-electron chi connectivity index (χ4n) is 2.76. The van der Waals surface area contributed by atoms with Crippen molar-refractivity contribution in [1.82, 2.24) is 10.2 Å². The zero-order valence-corrected chi connectivity index (χ0v) is 15.5. The second kappa shape index (κ2) is 7.39. The molecule has 1 aromatic heterocycles. The van der Waals surface area contributed by atoms with E-state index in [4.69, 9.17) is 0 Å². The molecule has 0 bridgehead atoms. The first-order valence-electron chi connectivity index (χ1n) is 8.66. The van der Waals surface area contributed by atoms with Crippen LogP contribution in [0.4, 0.5) is 11.5 Å². The standard InChI is InChI=1S/C18H24N4O2S/c1-14(2)25(23,24)21-16-8-6-15(7-9-16)17-10-11-18(20-19-17)22-12-4-3-5-13-22/h6-11,14,21H,3-5,12-13H2,1-2H3. The second-order valence-corrected chi connectivity index (χ2v) is 8.83. The van der Waals surface area contributed by atoms with Gasteiger partial charge in [0, 0.05) is 24.3 Å². The Bertz CT molecular complexity index is 796. The van der Waals surface area contributed by atoms with Crippen molar-refractivity contribution >= 4 is 21.5 Å². The van der Waals surface area contributed by atoms with Gasteiger partial charge in [-0.15, -0.1) is 10.2 Å². The summed E-state index contributed by atoms with van der Waals surface area (Å²) in [5.41, 5.74) is 2.24. The maximum Gasteiger partial charge on any atom is 0.235 e. The van der Waals surface area contributed by atoms with Gasteiger partial charge in [0.15, 0.2) is 5.82 Å². The maximum absolute atomic E-state index is 11.9. The molecule has 2 aromatic rings. The highest BCUT2D eigenvalue weighted by Gasteiger charge is 2.16. The van der Waals surface area contributed by atoms with E-state index in [1.807, 2.05) is 24.3 Å². The molecular formula is C18H24N4O2S. The van der Waals surface area contributed by atoms with Crippen LogP contribution in [0, 0.1) is 0 Å². The summed E-state index contributed by atoms with van der Waals surface area (Å²) >= 11 is 0. The molecule has 0 unspecified atom stereocenters. The summed E-state index contributed by atoms with van der Waals surface area (Å²) < 4.78 is 26.4. The molecule has 0 atom stereocenters. The predicted octanol–water partition coefficient (Wildman–Crippen LogP) is 3.28. The minimum Gasteiger partial charge on any atom is -0.355 e. The Hall–Kier alpha value is -2.15. The molecule has 2 heterocycles. The first-order valence-corrected chi connectivity index (χ1v) is 10.2. The zero-order chi connectivity index (χ0) is 17.9. The van der Waals surface area contributed by atoms with Crippen LogP contribution < -0.4 is 9.62 Å². The highest BCUT2D eigenvalue weighted by molar-refractivity contribution is 7.93. The molecule has 6 nitrogen and oxygen atoms in total. The van der Waals surface area contributed by atoms with Crippen molar-refractivity contribution in [3.63, 3.8) is 0 Å². The monoisotopic (exact) mass is 360 g/mol. The molecule has 0 amide bonds. The summed E-state index contributed by atoms with van der Waals surface area (Å²) in [7, 11) is -3.33. The molecule has 1 aromatic carbocycles. The lowest BCUT2D eigenvalue weighted by molar-refractivity contribution is 0.571. The van der Waals surface area contributed by atoms with Gasteiger partial charge in [-0.3, -0.25) is 4.72 Å². The Morgan fingerprint density at radius 2 is 1.64 bits per heavy atom. The van der Waals surface area contributed by atoms with E-state index in [0.29, 0.717) is 5.69 Å². The number of rotatable bonds is 5. The number of benzene rings is 1. The van der Waals surface area contributed by atoms with E-state index in [2.05, 4.69) is 19.8 Å². The van der Waals surface area contributed by atoms with Crippen molar-refractivity contribution in [3.05, 3.63) is 36.4 Å². The molecular weight excluding hydrogens is 336 g/mol. The highest BCUT2D eigenvalue weighted by Crippen LogP contribution is 2.23. The van der Waals surface area contributed by atoms with Gasteiger partial charge >= 0.3 is 0 Å². The lowest BCUT2D eigenvalue weighted by atomic mass is 10.1. The third-order valence-electron chi connectivity index (χ3n) is 4.39. The quantitative estimate of drug-likeness (QED) is 0.885. The summed E-state index contributed by atoms with van der Waals surface area (Å²) in [4.78, 5) is 2.27. The first-order chi connectivity index (χ1) is 12.0. The molecule has 7 heteroatoms. The molecule has 3 rings (SSSR count). The van der Waals surface area contributed by atoms with Crippen LogP contribution in [0.1, 0.15) is 33.1 Å². The van der Waals surface area contributed by atoms with E-state index in [1.54, 1.807) is 26.0 Å². The van der Waals surface area contributed by atoms with Crippen LogP contribution >= 0.6 is 0 Å². The summed E-state index contributed by atoms with van der Waals surface area (Å²) in [6.45, 7) is 5.38. The van der Waals surface area contributed by atoms with E-state index in [-0.39, 0.29) is 0 Å². The van der Waals surface area contributed by atoms with Crippen LogP contribution in [0.2, 0.25) is 0 Å². The van der Waals surface area contributed by atoms with Crippen LogP contribution in [0.3, 0.4) is 0 Å². The van der Waals surface area contributed by atoms with Crippen molar-refractivity contribution in [2.24, 2.45) is 0 Å². The topological polar surface area (TPSA) is 75.2 Å². The Labute approximate surface area is 149 Å². The van der Waals surface area contributed by atoms with E-state index in [1.165, 1.54) is 19.3 Å². The average Bonchev–Trinajstić information content (AvgIpc) is 2.63. The minimum absolute atomic E-state index is 0.472. The van der Waals surface area contributed by atoms with Gasteiger partial charge in [-0.05, 0) is 57.4 Å². The summed E-state index contributed by atoms with van der Waals surface area (Å²) in [5, 5.41) is 8.20. The summed E-state index contributed by atoms with van der Waals surface area (Å²) in [6.07, 6.45) is 3.70. The molecule has 1 saturated heterocycles. The minimum atomic E-state index is -3.33. The van der Waals surface area contributed by atoms with Gasteiger partial charge in [0.25, 0.3) is 0 Å². The fourth-order valence-corrected chi connectivity index (χ4v) is 3.46. The van der Waals surface area contributed by atoms with Crippen LogP contribution in [-0.4, -0.2) is 37.0 Å². The van der Waals surface area contributed by atoms with Crippen molar-refractivity contribution in [2.45, 2.75) is 38.4 Å². The van der Waals surface area contributed by atoms with Gasteiger partial charge in [-0.25, -0.2) is 8.42 Å². The Balaban J connectivity index is 1.72. The van der Waals surface area contributed by atoms with Gasteiger partial charge in [0.2, 0.25) is 10.0 Å². The van der Waals surface area contributed by atoms with Gasteiger partial charge in [-0.1, -0.05) is 12.1 Å². The molecule has 1 aliphatic heterocycles. The molecule has 1 fully saturated rings. The van der Waals surface area contributed by atoms with Crippen molar-refractivity contribution < 1.29 is 8.42 Å². The number of piperidine rings is 1. The molecule has 1 aliphatic rings. The first kappa shape index (κ1) is 17.7.